The number of hydrogen-bond acceptors (Lipinski definition) is 6. The number of halogens is 1. The highest BCUT2D eigenvalue weighted by atomic mass is 32.1. The van der Waals surface area contributed by atoms with Gasteiger partial charge < -0.3 is 9.47 Å². The van der Waals surface area contributed by atoms with Gasteiger partial charge in [-0.3, -0.25) is 0 Å². The standard InChI is InChI=1S/C24H19FN4O3S/c1-15-7-3-4-8-17(15)22-27-28-24(33)29(22)26-14-16-11-12-20(21(13-16)31-2)32-23(30)18-9-5-6-10-19(18)25/h3-14H,1-2H3,(H,28,33)/b26-14+. The van der Waals surface area contributed by atoms with E-state index in [4.69, 9.17) is 21.7 Å². The number of esters is 1. The largest absolute Gasteiger partial charge is 0.493 e. The number of methoxy groups -OCH3 is 1. The lowest BCUT2D eigenvalue weighted by Gasteiger charge is -2.10. The lowest BCUT2D eigenvalue weighted by molar-refractivity contribution is 0.0725. The molecule has 0 aliphatic heterocycles. The molecule has 0 saturated carbocycles. The summed E-state index contributed by atoms with van der Waals surface area (Å²) in [7, 11) is 1.44. The zero-order valence-electron chi connectivity index (χ0n) is 17.8. The van der Waals surface area contributed by atoms with Crippen molar-refractivity contribution in [2.45, 2.75) is 6.92 Å². The molecule has 0 fully saturated rings. The highest BCUT2D eigenvalue weighted by Crippen LogP contribution is 2.29. The van der Waals surface area contributed by atoms with Crippen LogP contribution in [0.1, 0.15) is 21.5 Å². The first-order chi connectivity index (χ1) is 16.0. The second kappa shape index (κ2) is 9.58. The number of aromatic amines is 1. The molecule has 0 unspecified atom stereocenters. The van der Waals surface area contributed by atoms with Crippen LogP contribution in [-0.2, 0) is 0 Å². The first-order valence-corrected chi connectivity index (χ1v) is 10.3. The van der Waals surface area contributed by atoms with Crippen LogP contribution in [0.2, 0.25) is 0 Å². The van der Waals surface area contributed by atoms with Crippen LogP contribution in [0.4, 0.5) is 4.39 Å². The van der Waals surface area contributed by atoms with E-state index in [0.717, 1.165) is 11.1 Å². The van der Waals surface area contributed by atoms with Gasteiger partial charge in [-0.05, 0) is 60.6 Å². The first kappa shape index (κ1) is 22.1. The summed E-state index contributed by atoms with van der Waals surface area (Å²) in [6, 6.07) is 18.3. The van der Waals surface area contributed by atoms with Gasteiger partial charge in [0.25, 0.3) is 0 Å². The van der Waals surface area contributed by atoms with Gasteiger partial charge in [0.05, 0.1) is 18.9 Å². The highest BCUT2D eigenvalue weighted by molar-refractivity contribution is 7.71. The summed E-state index contributed by atoms with van der Waals surface area (Å²) in [5.41, 5.74) is 2.43. The Morgan fingerprint density at radius 2 is 1.88 bits per heavy atom. The van der Waals surface area contributed by atoms with E-state index >= 15 is 0 Å². The maximum Gasteiger partial charge on any atom is 0.346 e. The molecule has 0 radical (unpaired) electrons. The van der Waals surface area contributed by atoms with Gasteiger partial charge in [0.2, 0.25) is 4.77 Å². The van der Waals surface area contributed by atoms with E-state index in [1.54, 1.807) is 30.5 Å². The van der Waals surface area contributed by atoms with Crippen LogP contribution >= 0.6 is 12.2 Å². The summed E-state index contributed by atoms with van der Waals surface area (Å²) in [6.07, 6.45) is 1.58. The number of H-pyrrole nitrogens is 1. The Bertz CT molecular complexity index is 1410. The molecule has 166 valence electrons. The number of carbonyl (C=O) groups is 1. The van der Waals surface area contributed by atoms with Crippen LogP contribution < -0.4 is 9.47 Å². The quantitative estimate of drug-likeness (QED) is 0.185. The van der Waals surface area contributed by atoms with Crippen molar-refractivity contribution in [1.29, 1.82) is 0 Å². The van der Waals surface area contributed by atoms with Crippen LogP contribution in [0.25, 0.3) is 11.4 Å². The molecular formula is C24H19FN4O3S. The predicted molar refractivity (Wildman–Crippen MR) is 125 cm³/mol. The Balaban J connectivity index is 1.60. The van der Waals surface area contributed by atoms with Crippen LogP contribution in [0.5, 0.6) is 11.5 Å². The van der Waals surface area contributed by atoms with Crippen molar-refractivity contribution in [3.05, 3.63) is 94.0 Å². The summed E-state index contributed by atoms with van der Waals surface area (Å²) < 4.78 is 26.4. The molecule has 0 atom stereocenters. The van der Waals surface area contributed by atoms with Gasteiger partial charge in [0, 0.05) is 5.56 Å². The smallest absolute Gasteiger partial charge is 0.346 e. The van der Waals surface area contributed by atoms with E-state index in [2.05, 4.69) is 15.3 Å². The Hall–Kier alpha value is -4.11. The molecule has 7 nitrogen and oxygen atoms in total. The van der Waals surface area contributed by atoms with E-state index in [0.29, 0.717) is 21.9 Å². The number of aromatic nitrogens is 3. The molecule has 0 aliphatic carbocycles. The van der Waals surface area contributed by atoms with Gasteiger partial charge >= 0.3 is 5.97 Å². The minimum absolute atomic E-state index is 0.156. The maximum atomic E-state index is 13.9. The summed E-state index contributed by atoms with van der Waals surface area (Å²) in [4.78, 5) is 12.3. The third-order valence-corrected chi connectivity index (χ3v) is 5.11. The van der Waals surface area contributed by atoms with Crippen molar-refractivity contribution in [2.24, 2.45) is 5.10 Å². The molecule has 33 heavy (non-hydrogen) atoms. The molecule has 3 aromatic carbocycles. The zero-order valence-corrected chi connectivity index (χ0v) is 18.6. The Morgan fingerprint density at radius 3 is 2.64 bits per heavy atom. The number of benzene rings is 3. The van der Waals surface area contributed by atoms with Crippen molar-refractivity contribution in [2.75, 3.05) is 7.11 Å². The van der Waals surface area contributed by atoms with E-state index in [9.17, 15) is 9.18 Å². The molecule has 1 aromatic heterocycles. The van der Waals surface area contributed by atoms with Crippen molar-refractivity contribution in [1.82, 2.24) is 14.9 Å². The lowest BCUT2D eigenvalue weighted by atomic mass is 10.1. The zero-order chi connectivity index (χ0) is 23.4. The Kier molecular flexibility index (Phi) is 6.41. The second-order valence-electron chi connectivity index (χ2n) is 7.00. The van der Waals surface area contributed by atoms with Crippen LogP contribution in [0, 0.1) is 17.5 Å². The summed E-state index contributed by atoms with van der Waals surface area (Å²) in [5, 5.41) is 11.5. The van der Waals surface area contributed by atoms with Gasteiger partial charge in [-0.25, -0.2) is 14.3 Å². The number of carbonyl (C=O) groups excluding carboxylic acids is 1. The number of ether oxygens (including phenoxy) is 2. The molecule has 1 N–H and O–H groups in total. The summed E-state index contributed by atoms with van der Waals surface area (Å²) >= 11 is 5.32. The Labute approximate surface area is 194 Å². The van der Waals surface area contributed by atoms with Gasteiger partial charge in [-0.1, -0.05) is 36.4 Å². The molecule has 0 spiro atoms. The average molecular weight is 463 g/mol. The van der Waals surface area contributed by atoms with E-state index in [1.807, 2.05) is 31.2 Å². The molecule has 4 aromatic rings. The SMILES string of the molecule is COc1cc(/C=N/n2c(-c3ccccc3C)n[nH]c2=S)ccc1OC(=O)c1ccccc1F. The first-order valence-electron chi connectivity index (χ1n) is 9.90. The average Bonchev–Trinajstić information content (AvgIpc) is 3.18. The van der Waals surface area contributed by atoms with E-state index in [-0.39, 0.29) is 11.3 Å². The third kappa shape index (κ3) is 4.73. The normalized spacial score (nSPS) is 11.0. The number of aryl methyl sites for hydroxylation is 1. The predicted octanol–water partition coefficient (Wildman–Crippen LogP) is 5.17. The van der Waals surface area contributed by atoms with E-state index in [1.165, 1.54) is 30.0 Å². The van der Waals surface area contributed by atoms with Gasteiger partial charge in [-0.15, -0.1) is 0 Å². The molecule has 4 rings (SSSR count). The topological polar surface area (TPSA) is 81.5 Å². The fourth-order valence-corrected chi connectivity index (χ4v) is 3.33. The van der Waals surface area contributed by atoms with Crippen LogP contribution in [-0.4, -0.2) is 34.2 Å². The number of nitrogens with zero attached hydrogens (tertiary/aromatic N) is 3. The molecular weight excluding hydrogens is 443 g/mol. The van der Waals surface area contributed by atoms with Gasteiger partial charge in [-0.2, -0.15) is 14.9 Å². The second-order valence-corrected chi connectivity index (χ2v) is 7.39. The van der Waals surface area contributed by atoms with Crippen LogP contribution in [0.3, 0.4) is 0 Å². The van der Waals surface area contributed by atoms with Gasteiger partial charge in [0.1, 0.15) is 5.82 Å². The summed E-state index contributed by atoms with van der Waals surface area (Å²) in [6.45, 7) is 1.98. The molecule has 0 saturated heterocycles. The van der Waals surface area contributed by atoms with Crippen molar-refractivity contribution in [3.63, 3.8) is 0 Å². The fraction of sp³-hybridized carbons (Fsp3) is 0.0833. The molecule has 0 amide bonds. The molecule has 9 heteroatoms. The Morgan fingerprint density at radius 1 is 1.12 bits per heavy atom. The van der Waals surface area contributed by atoms with Crippen molar-refractivity contribution < 1.29 is 18.7 Å². The molecule has 0 bridgehead atoms. The lowest BCUT2D eigenvalue weighted by Crippen LogP contribution is -2.11. The number of rotatable bonds is 6. The van der Waals surface area contributed by atoms with Gasteiger partial charge in [0.15, 0.2) is 17.3 Å². The van der Waals surface area contributed by atoms with Crippen LogP contribution in [0.15, 0.2) is 71.8 Å². The minimum atomic E-state index is -0.819. The number of hydrogen-bond donors (Lipinski definition) is 1. The monoisotopic (exact) mass is 462 g/mol. The van der Waals surface area contributed by atoms with Crippen molar-refractivity contribution in [3.8, 4) is 22.9 Å². The molecule has 0 aliphatic rings. The highest BCUT2D eigenvalue weighted by Gasteiger charge is 2.16. The summed E-state index contributed by atoms with van der Waals surface area (Å²) in [5.74, 6) is -0.453. The molecule has 1 heterocycles. The number of nitrogens with one attached hydrogen (secondary N) is 1. The van der Waals surface area contributed by atoms with Crippen molar-refractivity contribution >= 4 is 24.4 Å². The maximum absolute atomic E-state index is 13.9. The minimum Gasteiger partial charge on any atom is -0.493 e. The third-order valence-electron chi connectivity index (χ3n) is 4.84. The van der Waals surface area contributed by atoms with E-state index < -0.39 is 11.8 Å². The fourth-order valence-electron chi connectivity index (χ4n) is 3.15.